The van der Waals surface area contributed by atoms with Gasteiger partial charge in [0.05, 0.1) is 17.4 Å². The Kier molecular flexibility index (Phi) is 3.55. The number of anilines is 1. The number of nitrogens with one attached hydrogen (secondary N) is 3. The molecule has 0 aliphatic heterocycles. The van der Waals surface area contributed by atoms with Crippen LogP contribution in [0.2, 0.25) is 0 Å². The summed E-state index contributed by atoms with van der Waals surface area (Å²) in [6.07, 6.45) is 11.7. The summed E-state index contributed by atoms with van der Waals surface area (Å²) >= 11 is 0. The van der Waals surface area contributed by atoms with Crippen molar-refractivity contribution in [1.82, 2.24) is 24.3 Å². The van der Waals surface area contributed by atoms with Crippen LogP contribution in [0, 0.1) is 0 Å². The fourth-order valence-corrected chi connectivity index (χ4v) is 3.14. The highest BCUT2D eigenvalue weighted by atomic mass is 16.1. The van der Waals surface area contributed by atoms with E-state index in [0.29, 0.717) is 16.8 Å². The minimum absolute atomic E-state index is 0.252. The largest absolute Gasteiger partial charge is 0.346 e. The number of carbonyl (C=O) groups excluding carboxylic acids is 1. The summed E-state index contributed by atoms with van der Waals surface area (Å²) < 4.78 is 1.61. The number of amides is 1. The molecule has 0 aromatic carbocycles. The molecule has 8 nitrogen and oxygen atoms in total. The van der Waals surface area contributed by atoms with E-state index in [9.17, 15) is 9.59 Å². The third-order valence-corrected chi connectivity index (χ3v) is 4.52. The number of fused-ring (bicyclic) bond motifs is 2. The van der Waals surface area contributed by atoms with Gasteiger partial charge in [-0.15, -0.1) is 0 Å². The zero-order chi connectivity index (χ0) is 19.1. The number of rotatable bonds is 3. The molecule has 5 aromatic heterocycles. The third kappa shape index (κ3) is 2.73. The molecular formula is C20H14N6O2. The van der Waals surface area contributed by atoms with E-state index in [-0.39, 0.29) is 11.5 Å². The van der Waals surface area contributed by atoms with Crippen molar-refractivity contribution in [2.24, 2.45) is 0 Å². The van der Waals surface area contributed by atoms with Crippen LogP contribution < -0.4 is 10.9 Å². The van der Waals surface area contributed by atoms with Crippen LogP contribution in [-0.2, 0) is 0 Å². The van der Waals surface area contributed by atoms with Crippen LogP contribution in [0.1, 0.15) is 10.4 Å². The van der Waals surface area contributed by atoms with E-state index in [1.54, 1.807) is 41.5 Å². The predicted molar refractivity (Wildman–Crippen MR) is 105 cm³/mol. The van der Waals surface area contributed by atoms with Crippen molar-refractivity contribution in [3.05, 3.63) is 83.6 Å². The number of nitrogens with zero attached hydrogens (tertiary/aromatic N) is 3. The lowest BCUT2D eigenvalue weighted by molar-refractivity contribution is 0.102. The van der Waals surface area contributed by atoms with Gasteiger partial charge in [-0.3, -0.25) is 14.6 Å². The maximum absolute atomic E-state index is 12.6. The number of pyridine rings is 2. The highest BCUT2D eigenvalue weighted by Gasteiger charge is 2.12. The highest BCUT2D eigenvalue weighted by Crippen LogP contribution is 2.24. The number of hydrogen-bond acceptors (Lipinski definition) is 4. The van der Waals surface area contributed by atoms with Gasteiger partial charge in [-0.05, 0) is 24.3 Å². The summed E-state index contributed by atoms with van der Waals surface area (Å²) in [5.41, 5.74) is 3.65. The quantitative estimate of drug-likeness (QED) is 0.454. The van der Waals surface area contributed by atoms with Crippen molar-refractivity contribution >= 4 is 28.1 Å². The Morgan fingerprint density at radius 1 is 1.04 bits per heavy atom. The second-order valence-electron chi connectivity index (χ2n) is 6.37. The Balaban J connectivity index is 1.44. The summed E-state index contributed by atoms with van der Waals surface area (Å²) in [5.74, 6) is -0.318. The molecule has 0 aliphatic carbocycles. The highest BCUT2D eigenvalue weighted by molar-refractivity contribution is 6.05. The molecule has 0 unspecified atom stereocenters. The molecule has 1 amide bonds. The van der Waals surface area contributed by atoms with E-state index < -0.39 is 0 Å². The summed E-state index contributed by atoms with van der Waals surface area (Å²) in [6, 6.07) is 7.34. The summed E-state index contributed by atoms with van der Waals surface area (Å²) in [4.78, 5) is 38.7. The maximum atomic E-state index is 12.6. The molecule has 0 spiro atoms. The molecule has 0 radical (unpaired) electrons. The van der Waals surface area contributed by atoms with Crippen LogP contribution in [-0.4, -0.2) is 30.2 Å². The van der Waals surface area contributed by atoms with Crippen molar-refractivity contribution < 1.29 is 4.79 Å². The molecule has 136 valence electrons. The average Bonchev–Trinajstić information content (AvgIpc) is 3.35. The van der Waals surface area contributed by atoms with Crippen LogP contribution in [0.4, 0.5) is 5.69 Å². The van der Waals surface area contributed by atoms with Crippen LogP contribution in [0.3, 0.4) is 0 Å². The lowest BCUT2D eigenvalue weighted by Crippen LogP contribution is -2.11. The SMILES string of the molecule is O=C(Nc1cncc(-c2cnc3[nH]ccc3c2)c1)c1cc2c(=O)[nH]ccn2c1. The monoisotopic (exact) mass is 370 g/mol. The average molecular weight is 370 g/mol. The van der Waals surface area contributed by atoms with Crippen molar-refractivity contribution in [2.45, 2.75) is 0 Å². The van der Waals surface area contributed by atoms with Gasteiger partial charge in [0.25, 0.3) is 11.5 Å². The van der Waals surface area contributed by atoms with Crippen LogP contribution >= 0.6 is 0 Å². The van der Waals surface area contributed by atoms with Gasteiger partial charge in [0.15, 0.2) is 0 Å². The van der Waals surface area contributed by atoms with Crippen LogP contribution in [0.5, 0.6) is 0 Å². The second-order valence-corrected chi connectivity index (χ2v) is 6.37. The van der Waals surface area contributed by atoms with Gasteiger partial charge in [-0.2, -0.15) is 0 Å². The smallest absolute Gasteiger partial charge is 0.272 e. The second kappa shape index (κ2) is 6.20. The maximum Gasteiger partial charge on any atom is 0.272 e. The first-order chi connectivity index (χ1) is 13.7. The van der Waals surface area contributed by atoms with Crippen LogP contribution in [0.25, 0.3) is 27.7 Å². The Bertz CT molecular complexity index is 1390. The lowest BCUT2D eigenvalue weighted by Gasteiger charge is -2.06. The Labute approximate surface area is 157 Å². The number of aromatic amines is 2. The molecule has 5 heterocycles. The Morgan fingerprint density at radius 3 is 2.82 bits per heavy atom. The van der Waals surface area contributed by atoms with E-state index in [1.807, 2.05) is 24.4 Å². The Hall–Kier alpha value is -4.20. The Morgan fingerprint density at radius 2 is 1.93 bits per heavy atom. The third-order valence-electron chi connectivity index (χ3n) is 4.52. The first-order valence-corrected chi connectivity index (χ1v) is 8.57. The predicted octanol–water partition coefficient (Wildman–Crippen LogP) is 2.82. The minimum Gasteiger partial charge on any atom is -0.346 e. The van der Waals surface area contributed by atoms with Gasteiger partial charge in [0.1, 0.15) is 11.2 Å². The first-order valence-electron chi connectivity index (χ1n) is 8.57. The standard InChI is InChI=1S/C20H14N6O2/c27-19(15-7-17-20(28)23-3-4-26(17)11-15)25-16-6-14(8-21-10-16)13-5-12-1-2-22-18(12)24-9-13/h1-11H,(H,22,24)(H,23,28)(H,25,27). The molecule has 0 saturated carbocycles. The first kappa shape index (κ1) is 16.0. The molecule has 0 atom stereocenters. The molecule has 0 saturated heterocycles. The lowest BCUT2D eigenvalue weighted by atomic mass is 10.1. The van der Waals surface area contributed by atoms with E-state index >= 15 is 0 Å². The van der Waals surface area contributed by atoms with Gasteiger partial charge in [-0.1, -0.05) is 0 Å². The molecule has 5 rings (SSSR count). The number of hydrogen-bond donors (Lipinski definition) is 3. The summed E-state index contributed by atoms with van der Waals surface area (Å²) in [6.45, 7) is 0. The molecular weight excluding hydrogens is 356 g/mol. The summed E-state index contributed by atoms with van der Waals surface area (Å²) in [5, 5.41) is 3.83. The number of aromatic nitrogens is 5. The fraction of sp³-hybridized carbons (Fsp3) is 0. The van der Waals surface area contributed by atoms with Gasteiger partial charge in [0, 0.05) is 53.7 Å². The van der Waals surface area contributed by atoms with E-state index in [2.05, 4.69) is 25.3 Å². The van der Waals surface area contributed by atoms with Gasteiger partial charge >= 0.3 is 0 Å². The molecule has 28 heavy (non-hydrogen) atoms. The van der Waals surface area contributed by atoms with Crippen molar-refractivity contribution in [3.8, 4) is 11.1 Å². The zero-order valence-electron chi connectivity index (χ0n) is 14.5. The van der Waals surface area contributed by atoms with E-state index in [0.717, 1.165) is 22.2 Å². The van der Waals surface area contributed by atoms with Crippen LogP contribution in [0.15, 0.2) is 72.4 Å². The normalized spacial score (nSPS) is 11.1. The van der Waals surface area contributed by atoms with E-state index in [1.165, 1.54) is 6.20 Å². The topological polar surface area (TPSA) is 108 Å². The van der Waals surface area contributed by atoms with E-state index in [4.69, 9.17) is 0 Å². The fourth-order valence-electron chi connectivity index (χ4n) is 3.14. The van der Waals surface area contributed by atoms with Crippen molar-refractivity contribution in [2.75, 3.05) is 5.32 Å². The summed E-state index contributed by atoms with van der Waals surface area (Å²) in [7, 11) is 0. The van der Waals surface area contributed by atoms with Gasteiger partial charge in [-0.25, -0.2) is 4.98 Å². The number of H-pyrrole nitrogens is 2. The van der Waals surface area contributed by atoms with Crippen molar-refractivity contribution in [1.29, 1.82) is 0 Å². The molecule has 0 bridgehead atoms. The molecule has 8 heteroatoms. The van der Waals surface area contributed by atoms with Gasteiger partial charge in [0.2, 0.25) is 0 Å². The molecule has 5 aromatic rings. The molecule has 3 N–H and O–H groups in total. The van der Waals surface area contributed by atoms with Gasteiger partial charge < -0.3 is 19.7 Å². The molecule has 0 fully saturated rings. The minimum atomic E-state index is -0.318. The molecule has 0 aliphatic rings. The zero-order valence-corrected chi connectivity index (χ0v) is 14.5. The number of carbonyl (C=O) groups is 1. The van der Waals surface area contributed by atoms with Crippen molar-refractivity contribution in [3.63, 3.8) is 0 Å².